The highest BCUT2D eigenvalue weighted by Crippen LogP contribution is 2.60. The molecule has 0 amide bonds. The van der Waals surface area contributed by atoms with E-state index in [4.69, 9.17) is 23.7 Å². The number of carbonyl (C=O) groups excluding carboxylic acids is 2. The van der Waals surface area contributed by atoms with Crippen molar-refractivity contribution in [1.29, 1.82) is 0 Å². The summed E-state index contributed by atoms with van der Waals surface area (Å²) in [4.78, 5) is 27.2. The molecule has 4 bridgehead atoms. The number of halogens is 3. The summed E-state index contributed by atoms with van der Waals surface area (Å²) in [5, 5.41) is 9.87. The summed E-state index contributed by atoms with van der Waals surface area (Å²) in [5.74, 6) is -1.14. The van der Waals surface area contributed by atoms with Gasteiger partial charge in [0.2, 0.25) is 0 Å². The van der Waals surface area contributed by atoms with Crippen LogP contribution in [0.1, 0.15) is 119 Å². The summed E-state index contributed by atoms with van der Waals surface area (Å²) in [6, 6.07) is 9.92. The van der Waals surface area contributed by atoms with E-state index in [0.29, 0.717) is 51.4 Å². The van der Waals surface area contributed by atoms with E-state index >= 15 is 0 Å². The van der Waals surface area contributed by atoms with Gasteiger partial charge in [-0.2, -0.15) is 13.2 Å². The monoisotopic (exact) mass is 698 g/mol. The second kappa shape index (κ2) is 14.4. The third-order valence-corrected chi connectivity index (χ3v) is 10.9. The Hall–Kier alpha value is -2.21. The second-order valence-corrected chi connectivity index (χ2v) is 16.8. The average Bonchev–Trinajstić information content (AvgIpc) is 2.97. The lowest BCUT2D eigenvalue weighted by Crippen LogP contribution is -2.62. The maximum atomic E-state index is 13.9. The molecule has 0 aliphatic heterocycles. The van der Waals surface area contributed by atoms with Gasteiger partial charge in [-0.15, -0.1) is 0 Å². The van der Waals surface area contributed by atoms with E-state index < -0.39 is 64.1 Å². The Balaban J connectivity index is 1.33. The molecular formula is C38H57F3O8. The lowest BCUT2D eigenvalue weighted by Gasteiger charge is -2.61. The standard InChI is InChI=1S/C38H57F3O8/c1-9-34(7,31(43)48-26(2)18-35(8,44)38(39,40)41)24-32(3,4)30(42)49-37-21-28-17-29(22-37)20-36(19-28,25-37)46-16-15-45-33(5,6)47-23-27-13-11-10-12-14-27/h10-14,26,28-29,44H,9,15-25H2,1-8H3. The summed E-state index contributed by atoms with van der Waals surface area (Å²) < 4.78 is 70.1. The molecule has 0 spiro atoms. The zero-order chi connectivity index (χ0) is 36.5. The van der Waals surface area contributed by atoms with Crippen LogP contribution in [0.2, 0.25) is 0 Å². The molecule has 49 heavy (non-hydrogen) atoms. The van der Waals surface area contributed by atoms with E-state index in [0.717, 1.165) is 37.7 Å². The predicted octanol–water partition coefficient (Wildman–Crippen LogP) is 8.07. The number of alkyl halides is 3. The molecule has 11 heteroatoms. The number of ether oxygens (including phenoxy) is 5. The first kappa shape index (κ1) is 39.6. The first-order chi connectivity index (χ1) is 22.5. The van der Waals surface area contributed by atoms with Crippen molar-refractivity contribution in [1.82, 2.24) is 0 Å². The fraction of sp³-hybridized carbons (Fsp3) is 0.789. The third kappa shape index (κ3) is 9.77. The number of rotatable bonds is 17. The lowest BCUT2D eigenvalue weighted by molar-refractivity contribution is -0.261. The van der Waals surface area contributed by atoms with Crippen molar-refractivity contribution in [3.8, 4) is 0 Å². The van der Waals surface area contributed by atoms with Gasteiger partial charge >= 0.3 is 18.1 Å². The molecule has 4 saturated carbocycles. The van der Waals surface area contributed by atoms with Crippen LogP contribution in [-0.2, 0) is 39.9 Å². The highest BCUT2D eigenvalue weighted by atomic mass is 19.4. The van der Waals surface area contributed by atoms with Crippen molar-refractivity contribution in [2.75, 3.05) is 13.2 Å². The summed E-state index contributed by atoms with van der Waals surface area (Å²) in [7, 11) is 0. The minimum Gasteiger partial charge on any atom is -0.462 e. The molecule has 4 aliphatic carbocycles. The number of carbonyl (C=O) groups is 2. The molecule has 0 heterocycles. The van der Waals surface area contributed by atoms with E-state index in [2.05, 4.69) is 0 Å². The predicted molar refractivity (Wildman–Crippen MR) is 177 cm³/mol. The van der Waals surface area contributed by atoms with Gasteiger partial charge in [0, 0.05) is 12.8 Å². The molecule has 1 aromatic rings. The summed E-state index contributed by atoms with van der Waals surface area (Å²) in [6.07, 6.45) is -1.40. The van der Waals surface area contributed by atoms with E-state index in [1.165, 1.54) is 6.92 Å². The highest BCUT2D eigenvalue weighted by molar-refractivity contribution is 5.80. The van der Waals surface area contributed by atoms with E-state index in [9.17, 15) is 27.9 Å². The topological polar surface area (TPSA) is 101 Å². The van der Waals surface area contributed by atoms with Crippen LogP contribution in [0.15, 0.2) is 30.3 Å². The zero-order valence-electron chi connectivity index (χ0n) is 30.5. The molecule has 4 fully saturated rings. The molecule has 5 atom stereocenters. The maximum absolute atomic E-state index is 13.9. The van der Waals surface area contributed by atoms with Crippen LogP contribution in [0.5, 0.6) is 0 Å². The molecule has 0 radical (unpaired) electrons. The largest absolute Gasteiger partial charge is 0.462 e. The Morgan fingerprint density at radius 3 is 2.06 bits per heavy atom. The third-order valence-electron chi connectivity index (χ3n) is 10.9. The van der Waals surface area contributed by atoms with Crippen LogP contribution in [-0.4, -0.2) is 65.1 Å². The molecule has 0 aromatic heterocycles. The zero-order valence-corrected chi connectivity index (χ0v) is 30.5. The Kier molecular flexibility index (Phi) is 11.7. The number of esters is 2. The summed E-state index contributed by atoms with van der Waals surface area (Å²) in [5.41, 5.74) is -5.24. The quantitative estimate of drug-likeness (QED) is 0.0991. The van der Waals surface area contributed by atoms with Gasteiger partial charge < -0.3 is 28.8 Å². The number of hydrogen-bond acceptors (Lipinski definition) is 8. The smallest absolute Gasteiger partial charge is 0.417 e. The van der Waals surface area contributed by atoms with Gasteiger partial charge in [-0.1, -0.05) is 37.3 Å². The molecular weight excluding hydrogens is 641 g/mol. The molecule has 1 aromatic carbocycles. The van der Waals surface area contributed by atoms with Gasteiger partial charge in [-0.25, -0.2) is 0 Å². The second-order valence-electron chi connectivity index (χ2n) is 16.8. The molecule has 5 unspecified atom stereocenters. The van der Waals surface area contributed by atoms with Crippen molar-refractivity contribution in [2.24, 2.45) is 22.7 Å². The van der Waals surface area contributed by atoms with E-state index in [1.807, 2.05) is 44.2 Å². The van der Waals surface area contributed by atoms with Crippen LogP contribution in [0, 0.1) is 22.7 Å². The first-order valence-electron chi connectivity index (χ1n) is 17.7. The number of benzene rings is 1. The molecule has 4 aliphatic rings. The normalized spacial score (nSPS) is 28.4. The van der Waals surface area contributed by atoms with Gasteiger partial charge in [0.1, 0.15) is 11.7 Å². The van der Waals surface area contributed by atoms with Crippen LogP contribution in [0.25, 0.3) is 0 Å². The van der Waals surface area contributed by atoms with Crippen molar-refractivity contribution >= 4 is 11.9 Å². The van der Waals surface area contributed by atoms with Crippen molar-refractivity contribution in [3.05, 3.63) is 35.9 Å². The molecule has 278 valence electrons. The Labute approximate surface area is 289 Å². The Bertz CT molecular complexity index is 1280. The van der Waals surface area contributed by atoms with Crippen molar-refractivity contribution in [3.63, 3.8) is 0 Å². The highest BCUT2D eigenvalue weighted by Gasteiger charge is 2.61. The van der Waals surface area contributed by atoms with Gasteiger partial charge in [0.15, 0.2) is 11.4 Å². The molecule has 1 N–H and O–H groups in total. The van der Waals surface area contributed by atoms with Gasteiger partial charge in [0.05, 0.1) is 36.3 Å². The first-order valence-corrected chi connectivity index (χ1v) is 17.7. The minimum atomic E-state index is -4.86. The summed E-state index contributed by atoms with van der Waals surface area (Å²) in [6.45, 7) is 13.9. The van der Waals surface area contributed by atoms with Crippen molar-refractivity contribution < 1.29 is 51.6 Å². The fourth-order valence-corrected chi connectivity index (χ4v) is 8.57. The average molecular weight is 699 g/mol. The van der Waals surface area contributed by atoms with Crippen LogP contribution < -0.4 is 0 Å². The molecule has 5 rings (SSSR count). The SMILES string of the molecule is CCC(C)(CC(C)(C)C(=O)OC12CC3CC(CC(OCCOC(C)(C)OCc4ccccc4)(C3)C1)C2)C(=O)OC(C)CC(C)(O)C(F)(F)F. The Morgan fingerprint density at radius 2 is 1.49 bits per heavy atom. The van der Waals surface area contributed by atoms with Crippen LogP contribution in [0.4, 0.5) is 13.2 Å². The van der Waals surface area contributed by atoms with Crippen LogP contribution >= 0.6 is 0 Å². The number of aliphatic hydroxyl groups is 1. The van der Waals surface area contributed by atoms with E-state index in [-0.39, 0.29) is 6.42 Å². The minimum absolute atomic E-state index is 0.0839. The van der Waals surface area contributed by atoms with E-state index in [1.54, 1.807) is 27.7 Å². The summed E-state index contributed by atoms with van der Waals surface area (Å²) >= 11 is 0. The number of hydrogen-bond donors (Lipinski definition) is 1. The van der Waals surface area contributed by atoms with Gasteiger partial charge in [0.25, 0.3) is 0 Å². The van der Waals surface area contributed by atoms with Gasteiger partial charge in [-0.05, 0) is 111 Å². The maximum Gasteiger partial charge on any atom is 0.417 e. The van der Waals surface area contributed by atoms with Gasteiger partial charge in [-0.3, -0.25) is 9.59 Å². The Morgan fingerprint density at radius 1 is 0.898 bits per heavy atom. The fourth-order valence-electron chi connectivity index (χ4n) is 8.57. The molecule has 8 nitrogen and oxygen atoms in total. The lowest BCUT2D eigenvalue weighted by atomic mass is 9.52. The molecule has 0 saturated heterocycles. The van der Waals surface area contributed by atoms with Crippen LogP contribution in [0.3, 0.4) is 0 Å². The van der Waals surface area contributed by atoms with Crippen molar-refractivity contribution in [2.45, 2.75) is 155 Å².